The summed E-state index contributed by atoms with van der Waals surface area (Å²) < 4.78 is 5.14. The van der Waals surface area contributed by atoms with Gasteiger partial charge in [0.1, 0.15) is 5.00 Å². The lowest BCUT2D eigenvalue weighted by Crippen LogP contribution is -2.15. The van der Waals surface area contributed by atoms with E-state index >= 15 is 0 Å². The van der Waals surface area contributed by atoms with Crippen LogP contribution in [0.5, 0.6) is 0 Å². The number of hydrogen-bond donors (Lipinski definition) is 1. The van der Waals surface area contributed by atoms with E-state index in [-0.39, 0.29) is 23.2 Å². The van der Waals surface area contributed by atoms with E-state index in [4.69, 9.17) is 4.74 Å². The van der Waals surface area contributed by atoms with Crippen molar-refractivity contribution in [3.05, 3.63) is 16.5 Å². The van der Waals surface area contributed by atoms with E-state index in [1.807, 2.05) is 6.07 Å². The van der Waals surface area contributed by atoms with Crippen LogP contribution in [0.3, 0.4) is 0 Å². The molecule has 1 saturated carbocycles. The van der Waals surface area contributed by atoms with Gasteiger partial charge in [-0.3, -0.25) is 4.79 Å². The van der Waals surface area contributed by atoms with E-state index in [1.165, 1.54) is 11.3 Å². The third kappa shape index (κ3) is 5.06. The molecule has 1 heterocycles. The molecule has 0 saturated heterocycles. The number of carbonyl (C=O) groups is 2. The van der Waals surface area contributed by atoms with Crippen molar-refractivity contribution in [2.45, 2.75) is 59.8 Å². The van der Waals surface area contributed by atoms with Crippen molar-refractivity contribution >= 4 is 28.2 Å². The molecule has 4 nitrogen and oxygen atoms in total. The van der Waals surface area contributed by atoms with Crippen LogP contribution in [0.15, 0.2) is 6.07 Å². The van der Waals surface area contributed by atoms with Crippen LogP contribution in [0.25, 0.3) is 0 Å². The molecule has 1 fully saturated rings. The molecule has 0 spiro atoms. The van der Waals surface area contributed by atoms with Crippen LogP contribution in [-0.4, -0.2) is 18.5 Å². The molecular weight excluding hydrogens is 310 g/mol. The van der Waals surface area contributed by atoms with Gasteiger partial charge in [-0.2, -0.15) is 0 Å². The maximum absolute atomic E-state index is 12.2. The molecular formula is C18H27NO3S. The number of rotatable bonds is 6. The number of carbonyl (C=O) groups excluding carboxylic acids is 2. The van der Waals surface area contributed by atoms with E-state index in [9.17, 15) is 9.59 Å². The van der Waals surface area contributed by atoms with Gasteiger partial charge in [-0.1, -0.05) is 27.7 Å². The Hall–Kier alpha value is -1.36. The highest BCUT2D eigenvalue weighted by Gasteiger charge is 2.31. The summed E-state index contributed by atoms with van der Waals surface area (Å²) in [5.41, 5.74) is 0.701. The summed E-state index contributed by atoms with van der Waals surface area (Å²) in [4.78, 5) is 25.4. The highest BCUT2D eigenvalue weighted by Crippen LogP contribution is 2.39. The van der Waals surface area contributed by atoms with Crippen LogP contribution in [0, 0.1) is 11.3 Å². The van der Waals surface area contributed by atoms with Crippen LogP contribution in [0.1, 0.15) is 75.0 Å². The van der Waals surface area contributed by atoms with Gasteiger partial charge >= 0.3 is 5.97 Å². The van der Waals surface area contributed by atoms with Gasteiger partial charge in [0, 0.05) is 10.8 Å². The zero-order valence-corrected chi connectivity index (χ0v) is 15.5. The van der Waals surface area contributed by atoms with Crippen LogP contribution >= 0.6 is 11.3 Å². The second-order valence-corrected chi connectivity index (χ2v) is 8.63. The Labute approximate surface area is 142 Å². The predicted octanol–water partition coefficient (Wildman–Crippen LogP) is 4.81. The Balaban J connectivity index is 2.22. The van der Waals surface area contributed by atoms with Crippen molar-refractivity contribution in [3.63, 3.8) is 0 Å². The smallest absolute Gasteiger partial charge is 0.341 e. The molecule has 1 aromatic rings. The van der Waals surface area contributed by atoms with Crippen molar-refractivity contribution in [1.29, 1.82) is 0 Å². The van der Waals surface area contributed by atoms with E-state index in [1.54, 1.807) is 6.92 Å². The molecule has 23 heavy (non-hydrogen) atoms. The third-order valence-corrected chi connectivity index (χ3v) is 5.12. The van der Waals surface area contributed by atoms with Gasteiger partial charge in [-0.05, 0) is 43.6 Å². The average Bonchev–Trinajstić information content (AvgIpc) is 3.18. The Morgan fingerprint density at radius 1 is 1.39 bits per heavy atom. The number of hydrogen-bond acceptors (Lipinski definition) is 4. The normalized spacial score (nSPS) is 16.0. The zero-order chi connectivity index (χ0) is 17.2. The largest absolute Gasteiger partial charge is 0.462 e. The fourth-order valence-electron chi connectivity index (χ4n) is 2.68. The number of nitrogens with one attached hydrogen (secondary N) is 1. The van der Waals surface area contributed by atoms with E-state index < -0.39 is 0 Å². The third-order valence-electron chi connectivity index (χ3n) is 3.84. The molecule has 1 atom stereocenters. The minimum Gasteiger partial charge on any atom is -0.462 e. The molecule has 0 aromatic carbocycles. The first kappa shape index (κ1) is 18.0. The Bertz CT molecular complexity index is 582. The Morgan fingerprint density at radius 3 is 2.57 bits per heavy atom. The molecule has 128 valence electrons. The molecule has 1 aliphatic carbocycles. The molecule has 0 bridgehead atoms. The predicted molar refractivity (Wildman–Crippen MR) is 94.1 cm³/mol. The van der Waals surface area contributed by atoms with Gasteiger partial charge in [0.25, 0.3) is 0 Å². The van der Waals surface area contributed by atoms with Crippen molar-refractivity contribution in [1.82, 2.24) is 0 Å². The molecule has 0 aliphatic heterocycles. The lowest BCUT2D eigenvalue weighted by Gasteiger charge is -2.22. The summed E-state index contributed by atoms with van der Waals surface area (Å²) in [7, 11) is 0. The Morgan fingerprint density at radius 2 is 2.04 bits per heavy atom. The molecule has 1 aromatic heterocycles. The summed E-state index contributed by atoms with van der Waals surface area (Å²) >= 11 is 1.50. The molecule has 1 unspecified atom stereocenters. The first-order valence-electron chi connectivity index (χ1n) is 8.33. The topological polar surface area (TPSA) is 55.4 Å². The van der Waals surface area contributed by atoms with E-state index in [0.717, 1.165) is 24.1 Å². The summed E-state index contributed by atoms with van der Waals surface area (Å²) in [5.74, 6) is 0.110. The SMILES string of the molecule is CCOC(=O)c1cc(C(C)CC(C)(C)C)sc1NC(=O)C1CC1. The van der Waals surface area contributed by atoms with Gasteiger partial charge < -0.3 is 10.1 Å². The maximum Gasteiger partial charge on any atom is 0.341 e. The lowest BCUT2D eigenvalue weighted by atomic mass is 9.85. The molecule has 1 aliphatic rings. The second-order valence-electron chi connectivity index (χ2n) is 7.54. The molecule has 5 heteroatoms. The van der Waals surface area contributed by atoms with Crippen molar-refractivity contribution < 1.29 is 14.3 Å². The van der Waals surface area contributed by atoms with Gasteiger partial charge in [0.2, 0.25) is 5.91 Å². The van der Waals surface area contributed by atoms with Crippen molar-refractivity contribution in [2.75, 3.05) is 11.9 Å². The van der Waals surface area contributed by atoms with E-state index in [2.05, 4.69) is 33.0 Å². The molecule has 1 amide bonds. The van der Waals surface area contributed by atoms with E-state index in [0.29, 0.717) is 23.1 Å². The highest BCUT2D eigenvalue weighted by atomic mass is 32.1. The number of amides is 1. The van der Waals surface area contributed by atoms with Crippen molar-refractivity contribution in [2.24, 2.45) is 11.3 Å². The molecule has 1 N–H and O–H groups in total. The monoisotopic (exact) mass is 337 g/mol. The van der Waals surface area contributed by atoms with Gasteiger partial charge in [-0.25, -0.2) is 4.79 Å². The van der Waals surface area contributed by atoms with Crippen LogP contribution in [0.2, 0.25) is 0 Å². The second kappa shape index (κ2) is 7.04. The molecule has 0 radical (unpaired) electrons. The summed E-state index contributed by atoms with van der Waals surface area (Å²) in [6.07, 6.45) is 2.91. The fourth-order valence-corrected chi connectivity index (χ4v) is 3.79. The van der Waals surface area contributed by atoms with Crippen molar-refractivity contribution in [3.8, 4) is 0 Å². The fraction of sp³-hybridized carbons (Fsp3) is 0.667. The maximum atomic E-state index is 12.2. The highest BCUT2D eigenvalue weighted by molar-refractivity contribution is 7.16. The Kier molecular flexibility index (Phi) is 5.50. The summed E-state index contributed by atoms with van der Waals surface area (Å²) in [6.45, 7) is 10.9. The summed E-state index contributed by atoms with van der Waals surface area (Å²) in [6, 6.07) is 1.89. The quantitative estimate of drug-likeness (QED) is 0.758. The lowest BCUT2D eigenvalue weighted by molar-refractivity contribution is -0.117. The first-order chi connectivity index (χ1) is 10.7. The number of esters is 1. The van der Waals surface area contributed by atoms with Crippen LogP contribution in [0.4, 0.5) is 5.00 Å². The number of anilines is 1. The molecule has 2 rings (SSSR count). The van der Waals surface area contributed by atoms with Gasteiger partial charge in [0.05, 0.1) is 12.2 Å². The minimum absolute atomic E-state index is 0.0208. The average molecular weight is 337 g/mol. The van der Waals surface area contributed by atoms with Gasteiger partial charge in [0.15, 0.2) is 0 Å². The minimum atomic E-state index is -0.357. The summed E-state index contributed by atoms with van der Waals surface area (Å²) in [5, 5.41) is 3.56. The number of ether oxygens (including phenoxy) is 1. The zero-order valence-electron chi connectivity index (χ0n) is 14.7. The first-order valence-corrected chi connectivity index (χ1v) is 9.14. The number of thiophene rings is 1. The van der Waals surface area contributed by atoms with Gasteiger partial charge in [-0.15, -0.1) is 11.3 Å². The van der Waals surface area contributed by atoms with Crippen LogP contribution < -0.4 is 5.32 Å². The standard InChI is InChI=1S/C18H27NO3S/c1-6-22-17(21)13-9-14(11(2)10-18(3,4)5)23-16(13)19-15(20)12-7-8-12/h9,11-12H,6-8,10H2,1-5H3,(H,19,20). The van der Waals surface area contributed by atoms with Crippen LogP contribution in [-0.2, 0) is 9.53 Å².